The fourth-order valence-corrected chi connectivity index (χ4v) is 2.13. The number of unbranched alkanes of at least 4 members (excludes halogenated alkanes) is 12. The zero-order valence-electron chi connectivity index (χ0n) is 11.7. The molecule has 0 radical (unpaired) electrons. The van der Waals surface area contributed by atoms with Gasteiger partial charge in [-0.2, -0.15) is 4.79 Å². The van der Waals surface area contributed by atoms with E-state index in [0.717, 1.165) is 6.42 Å². The van der Waals surface area contributed by atoms with Crippen LogP contribution in [0.15, 0.2) is 0 Å². The first-order valence-corrected chi connectivity index (χ1v) is 7.57. The van der Waals surface area contributed by atoms with Gasteiger partial charge in [0.1, 0.15) is 0 Å². The molecular formula is C15H30N2. The van der Waals surface area contributed by atoms with E-state index in [1.165, 1.54) is 77.0 Å². The highest BCUT2D eigenvalue weighted by molar-refractivity contribution is 5.49. The van der Waals surface area contributed by atoms with Crippen LogP contribution < -0.4 is 0 Å². The van der Waals surface area contributed by atoms with Crippen molar-refractivity contribution in [3.63, 3.8) is 0 Å². The second kappa shape index (κ2) is 15.4. The smallest absolute Gasteiger partial charge is 0.257 e. The van der Waals surface area contributed by atoms with Gasteiger partial charge in [-0.05, 0) is 6.42 Å². The van der Waals surface area contributed by atoms with Gasteiger partial charge in [-0.25, -0.2) is 0 Å². The second-order valence-electron chi connectivity index (χ2n) is 4.98. The van der Waals surface area contributed by atoms with Crippen molar-refractivity contribution in [2.24, 2.45) is 0 Å². The molecule has 0 amide bonds. The third kappa shape index (κ3) is 15.4. The molecule has 0 heterocycles. The van der Waals surface area contributed by atoms with Crippen LogP contribution in [0.1, 0.15) is 90.4 Å². The van der Waals surface area contributed by atoms with Crippen LogP contribution in [-0.4, -0.2) is 11.0 Å². The molecule has 2 nitrogen and oxygen atoms in total. The van der Waals surface area contributed by atoms with E-state index in [2.05, 4.69) is 11.7 Å². The Labute approximate surface area is 107 Å². The lowest BCUT2D eigenvalue weighted by atomic mass is 10.0. The van der Waals surface area contributed by atoms with E-state index < -0.39 is 0 Å². The third-order valence-corrected chi connectivity index (χ3v) is 3.27. The largest absolute Gasteiger partial charge is 0.362 e. The number of hydrogen-bond acceptors (Lipinski definition) is 0. The van der Waals surface area contributed by atoms with Crippen molar-refractivity contribution in [3.05, 3.63) is 5.53 Å². The molecule has 0 spiro atoms. The van der Waals surface area contributed by atoms with Gasteiger partial charge in [-0.3, -0.25) is 0 Å². The van der Waals surface area contributed by atoms with Gasteiger partial charge in [-0.1, -0.05) is 77.6 Å². The zero-order valence-corrected chi connectivity index (χ0v) is 11.7. The predicted octanol–water partition coefficient (Wildman–Crippen LogP) is 5.38. The minimum Gasteiger partial charge on any atom is -0.362 e. The van der Waals surface area contributed by atoms with Crippen molar-refractivity contribution in [2.75, 3.05) is 0 Å². The maximum absolute atomic E-state index is 8.21. The van der Waals surface area contributed by atoms with Gasteiger partial charge in [0.2, 0.25) is 0 Å². The Hall–Kier alpha value is -0.620. The lowest BCUT2D eigenvalue weighted by molar-refractivity contribution is 0.000733. The summed E-state index contributed by atoms with van der Waals surface area (Å²) in [4.78, 5) is 3.00. The van der Waals surface area contributed by atoms with E-state index >= 15 is 0 Å². The first-order valence-electron chi connectivity index (χ1n) is 7.57. The van der Waals surface area contributed by atoms with Gasteiger partial charge in [0, 0.05) is 6.42 Å². The lowest BCUT2D eigenvalue weighted by Crippen LogP contribution is -1.83. The molecule has 0 unspecified atom stereocenters. The van der Waals surface area contributed by atoms with Crippen LogP contribution in [0.3, 0.4) is 0 Å². The first-order chi connectivity index (χ1) is 8.41. The summed E-state index contributed by atoms with van der Waals surface area (Å²) in [6, 6.07) is 0. The van der Waals surface area contributed by atoms with Crippen molar-refractivity contribution in [1.82, 2.24) is 0 Å². The number of hydrogen-bond donors (Lipinski definition) is 0. The molecule has 0 aliphatic heterocycles. The Morgan fingerprint density at radius 3 is 1.53 bits per heavy atom. The molecule has 0 aromatic heterocycles. The summed E-state index contributed by atoms with van der Waals surface area (Å²) in [6.45, 7) is 2.27. The molecule has 100 valence electrons. The van der Waals surface area contributed by atoms with Crippen LogP contribution in [0.2, 0.25) is 0 Å². The maximum Gasteiger partial charge on any atom is 0.257 e. The normalized spacial score (nSPS) is 10.2. The molecule has 0 aromatic rings. The Bertz CT molecular complexity index is 183. The van der Waals surface area contributed by atoms with E-state index in [1.54, 1.807) is 6.21 Å². The summed E-state index contributed by atoms with van der Waals surface area (Å²) in [5, 5.41) is 0. The van der Waals surface area contributed by atoms with Crippen molar-refractivity contribution in [2.45, 2.75) is 90.4 Å². The van der Waals surface area contributed by atoms with Gasteiger partial charge in [0.15, 0.2) is 0 Å². The topological polar surface area (TPSA) is 36.4 Å². The quantitative estimate of drug-likeness (QED) is 0.179. The lowest BCUT2D eigenvalue weighted by Gasteiger charge is -2.01. The van der Waals surface area contributed by atoms with Crippen LogP contribution in [-0.2, 0) is 0 Å². The summed E-state index contributed by atoms with van der Waals surface area (Å²) >= 11 is 0. The van der Waals surface area contributed by atoms with Crippen LogP contribution >= 0.6 is 0 Å². The monoisotopic (exact) mass is 238 g/mol. The molecule has 17 heavy (non-hydrogen) atoms. The summed E-state index contributed by atoms with van der Waals surface area (Å²) < 4.78 is 0. The van der Waals surface area contributed by atoms with Crippen LogP contribution in [0, 0.1) is 0 Å². The molecule has 0 saturated heterocycles. The number of rotatable bonds is 13. The highest BCUT2D eigenvalue weighted by Crippen LogP contribution is 2.11. The maximum atomic E-state index is 8.21. The Balaban J connectivity index is 2.91. The molecular weight excluding hydrogens is 208 g/mol. The molecule has 0 aromatic carbocycles. The van der Waals surface area contributed by atoms with Gasteiger partial charge in [0.25, 0.3) is 6.21 Å². The van der Waals surface area contributed by atoms with E-state index in [4.69, 9.17) is 5.53 Å². The first kappa shape index (κ1) is 16.4. The predicted molar refractivity (Wildman–Crippen MR) is 75.4 cm³/mol. The van der Waals surface area contributed by atoms with Crippen LogP contribution in [0.4, 0.5) is 0 Å². The van der Waals surface area contributed by atoms with Crippen molar-refractivity contribution in [3.8, 4) is 0 Å². The minimum absolute atomic E-state index is 0.925. The minimum atomic E-state index is 0.925. The SMILES string of the molecule is CCCCCCCCCCCCCCC=[N+]=[N-]. The van der Waals surface area contributed by atoms with E-state index in [9.17, 15) is 0 Å². The molecule has 0 atom stereocenters. The molecule has 0 bridgehead atoms. The highest BCUT2D eigenvalue weighted by Gasteiger charge is 1.93. The van der Waals surface area contributed by atoms with Crippen molar-refractivity contribution < 1.29 is 4.79 Å². The average Bonchev–Trinajstić information content (AvgIpc) is 2.35. The van der Waals surface area contributed by atoms with Gasteiger partial charge in [0.05, 0.1) is 0 Å². The summed E-state index contributed by atoms with van der Waals surface area (Å²) in [5.41, 5.74) is 8.21. The average molecular weight is 238 g/mol. The molecule has 0 rings (SSSR count). The zero-order chi connectivity index (χ0) is 12.6. The fraction of sp³-hybridized carbons (Fsp3) is 0.933. The van der Waals surface area contributed by atoms with Crippen molar-refractivity contribution >= 4 is 6.21 Å². The van der Waals surface area contributed by atoms with Gasteiger partial charge >= 0.3 is 0 Å². The van der Waals surface area contributed by atoms with Gasteiger partial charge < -0.3 is 5.53 Å². The summed E-state index contributed by atoms with van der Waals surface area (Å²) in [7, 11) is 0. The second-order valence-corrected chi connectivity index (χ2v) is 4.98. The third-order valence-electron chi connectivity index (χ3n) is 3.27. The molecule has 2 heteroatoms. The van der Waals surface area contributed by atoms with E-state index in [0.29, 0.717) is 0 Å². The van der Waals surface area contributed by atoms with Crippen LogP contribution in [0.5, 0.6) is 0 Å². The Morgan fingerprint density at radius 2 is 1.12 bits per heavy atom. The molecule has 0 aliphatic rings. The molecule has 0 fully saturated rings. The van der Waals surface area contributed by atoms with E-state index in [1.807, 2.05) is 0 Å². The fourth-order valence-electron chi connectivity index (χ4n) is 2.13. The Kier molecular flexibility index (Phi) is 14.8. The molecule has 0 aliphatic carbocycles. The standard InChI is InChI=1S/C15H30N2/c1-2-3-4-5-6-7-8-9-10-11-12-13-14-15-17-16/h15H,2-14H2,1H3. The Morgan fingerprint density at radius 1 is 0.706 bits per heavy atom. The van der Waals surface area contributed by atoms with Gasteiger partial charge in [-0.15, -0.1) is 0 Å². The molecule has 0 N–H and O–H groups in total. The summed E-state index contributed by atoms with van der Waals surface area (Å²) in [6.07, 6.45) is 19.0. The van der Waals surface area contributed by atoms with Crippen molar-refractivity contribution in [1.29, 1.82) is 0 Å². The summed E-state index contributed by atoms with van der Waals surface area (Å²) in [5.74, 6) is 0. The highest BCUT2D eigenvalue weighted by atomic mass is 14.8. The number of nitrogens with zero attached hydrogens (tertiary/aromatic N) is 2. The van der Waals surface area contributed by atoms with Crippen LogP contribution in [0.25, 0.3) is 5.53 Å². The molecule has 0 saturated carbocycles. The van der Waals surface area contributed by atoms with E-state index in [-0.39, 0.29) is 0 Å².